The van der Waals surface area contributed by atoms with Gasteiger partial charge in [0.2, 0.25) is 5.91 Å². The molecule has 8 heteroatoms. The van der Waals surface area contributed by atoms with Crippen molar-refractivity contribution in [2.75, 3.05) is 12.3 Å². The molecule has 1 amide bonds. The van der Waals surface area contributed by atoms with E-state index >= 15 is 0 Å². The van der Waals surface area contributed by atoms with Crippen molar-refractivity contribution < 1.29 is 4.79 Å². The Balaban J connectivity index is 1.12. The van der Waals surface area contributed by atoms with Crippen LogP contribution in [0.5, 0.6) is 0 Å². The quantitative estimate of drug-likeness (QED) is 0.403. The molecular formula is C26H26N4O2S2. The number of hydrogen-bond donors (Lipinski definition) is 1. The van der Waals surface area contributed by atoms with E-state index in [4.69, 9.17) is 4.98 Å². The van der Waals surface area contributed by atoms with E-state index in [2.05, 4.69) is 40.0 Å². The second kappa shape index (κ2) is 9.07. The maximum atomic E-state index is 13.3. The van der Waals surface area contributed by atoms with Gasteiger partial charge in [0.1, 0.15) is 10.7 Å². The first kappa shape index (κ1) is 21.7. The van der Waals surface area contributed by atoms with Gasteiger partial charge >= 0.3 is 0 Å². The van der Waals surface area contributed by atoms with Gasteiger partial charge in [-0.15, -0.1) is 11.3 Å². The molecule has 1 unspecified atom stereocenters. The van der Waals surface area contributed by atoms with Crippen molar-refractivity contribution in [2.24, 2.45) is 0 Å². The fraction of sp³-hybridized carbons (Fsp3) is 0.346. The molecule has 34 heavy (non-hydrogen) atoms. The summed E-state index contributed by atoms with van der Waals surface area (Å²) < 4.78 is 2.24. The summed E-state index contributed by atoms with van der Waals surface area (Å²) in [6.07, 6.45) is 5.75. The third-order valence-electron chi connectivity index (χ3n) is 6.80. The number of H-pyrrole nitrogens is 1. The number of amides is 1. The van der Waals surface area contributed by atoms with Crippen LogP contribution in [0.2, 0.25) is 0 Å². The number of hydrogen-bond acceptors (Lipinski definition) is 5. The summed E-state index contributed by atoms with van der Waals surface area (Å²) in [5.41, 5.74) is 3.50. The van der Waals surface area contributed by atoms with E-state index in [9.17, 15) is 9.59 Å². The number of nitrogens with zero attached hydrogens (tertiary/aromatic N) is 3. The molecule has 0 radical (unpaired) electrons. The Labute approximate surface area is 206 Å². The lowest BCUT2D eigenvalue weighted by Crippen LogP contribution is -2.42. The molecule has 4 aromatic rings. The molecule has 0 fully saturated rings. The summed E-state index contributed by atoms with van der Waals surface area (Å²) in [4.78, 5) is 37.8. The van der Waals surface area contributed by atoms with E-state index < -0.39 is 0 Å². The first-order valence-corrected chi connectivity index (χ1v) is 13.8. The highest BCUT2D eigenvalue weighted by molar-refractivity contribution is 7.98. The van der Waals surface area contributed by atoms with E-state index in [1.807, 2.05) is 23.1 Å². The molecule has 1 aliphatic carbocycles. The molecule has 2 aliphatic rings. The summed E-state index contributed by atoms with van der Waals surface area (Å²) >= 11 is 3.32. The molecule has 6 rings (SSSR count). The van der Waals surface area contributed by atoms with Gasteiger partial charge in [-0.25, -0.2) is 4.98 Å². The molecule has 174 valence electrons. The highest BCUT2D eigenvalue weighted by Crippen LogP contribution is 2.35. The minimum atomic E-state index is -0.0522. The van der Waals surface area contributed by atoms with Crippen molar-refractivity contribution in [1.29, 1.82) is 0 Å². The first-order valence-electron chi connectivity index (χ1n) is 11.8. The normalized spacial score (nSPS) is 17.2. The molecule has 0 bridgehead atoms. The summed E-state index contributed by atoms with van der Waals surface area (Å²) in [6.45, 7) is 1.53. The topological polar surface area (TPSA) is 71.0 Å². The smallest absolute Gasteiger partial charge is 0.259 e. The van der Waals surface area contributed by atoms with Crippen LogP contribution >= 0.6 is 23.1 Å². The Kier molecular flexibility index (Phi) is 5.79. The number of rotatable bonds is 6. The number of thioether (sulfide) groups is 1. The van der Waals surface area contributed by atoms with Crippen LogP contribution in [0.3, 0.4) is 0 Å². The third-order valence-corrected chi connectivity index (χ3v) is 8.95. The molecule has 4 heterocycles. The minimum absolute atomic E-state index is 0.0156. The zero-order chi connectivity index (χ0) is 23.1. The maximum Gasteiger partial charge on any atom is 0.259 e. The lowest BCUT2D eigenvalue weighted by atomic mass is 9.99. The van der Waals surface area contributed by atoms with Gasteiger partial charge in [-0.05, 0) is 42.5 Å². The number of aryl methyl sites for hydroxylation is 2. The summed E-state index contributed by atoms with van der Waals surface area (Å²) in [5.74, 6) is 2.17. The standard InChI is InChI=1S/C26H26N4O2S2/c31-22(30-14-13-29-12-5-9-19(29)24(30)17-6-2-1-3-7-17)11-15-33-16-21-27-25(32)23-18-8-4-10-20(18)34-26(23)28-21/h1-3,5-7,9,12,24H,4,8,10-11,13-16H2,(H,27,28,32). The SMILES string of the molecule is O=C(CCSCc1nc2sc3c(c2c(=O)[nH]1)CCC3)N1CCn2cccc2C1c1ccccc1. The Morgan fingerprint density at radius 3 is 2.91 bits per heavy atom. The second-order valence-corrected chi connectivity index (χ2v) is 11.1. The number of fused-ring (bicyclic) bond motifs is 4. The van der Waals surface area contributed by atoms with Gasteiger partial charge in [0.05, 0.1) is 17.2 Å². The van der Waals surface area contributed by atoms with Crippen molar-refractivity contribution in [2.45, 2.75) is 44.0 Å². The molecule has 0 spiro atoms. The summed E-state index contributed by atoms with van der Waals surface area (Å²) in [5, 5.41) is 0.795. The van der Waals surface area contributed by atoms with Crippen molar-refractivity contribution in [1.82, 2.24) is 19.4 Å². The lowest BCUT2D eigenvalue weighted by molar-refractivity contribution is -0.133. The zero-order valence-corrected chi connectivity index (χ0v) is 20.5. The van der Waals surface area contributed by atoms with Crippen LogP contribution < -0.4 is 5.56 Å². The minimum Gasteiger partial charge on any atom is -0.348 e. The average molecular weight is 491 g/mol. The predicted octanol–water partition coefficient (Wildman–Crippen LogP) is 4.53. The Bertz CT molecular complexity index is 1410. The van der Waals surface area contributed by atoms with Crippen molar-refractivity contribution >= 4 is 39.2 Å². The number of aromatic nitrogens is 3. The van der Waals surface area contributed by atoms with E-state index in [0.29, 0.717) is 30.3 Å². The molecule has 1 atom stereocenters. The monoisotopic (exact) mass is 490 g/mol. The van der Waals surface area contributed by atoms with Gasteiger partial charge in [0.15, 0.2) is 0 Å². The number of nitrogens with one attached hydrogen (secondary N) is 1. The fourth-order valence-corrected chi connectivity index (χ4v) is 7.30. The molecular weight excluding hydrogens is 464 g/mol. The van der Waals surface area contributed by atoms with Crippen molar-refractivity contribution in [3.63, 3.8) is 0 Å². The van der Waals surface area contributed by atoms with Crippen molar-refractivity contribution in [3.05, 3.63) is 86.5 Å². The van der Waals surface area contributed by atoms with Crippen LogP contribution in [-0.2, 0) is 29.9 Å². The van der Waals surface area contributed by atoms with Crippen LogP contribution in [0.15, 0.2) is 53.5 Å². The molecule has 1 N–H and O–H groups in total. The van der Waals surface area contributed by atoms with Gasteiger partial charge in [-0.2, -0.15) is 11.8 Å². The van der Waals surface area contributed by atoms with Gasteiger partial charge in [-0.3, -0.25) is 9.59 Å². The van der Waals surface area contributed by atoms with Gasteiger partial charge in [0.25, 0.3) is 5.56 Å². The summed E-state index contributed by atoms with van der Waals surface area (Å²) in [6, 6.07) is 14.4. The van der Waals surface area contributed by atoms with Crippen LogP contribution in [0.25, 0.3) is 10.2 Å². The van der Waals surface area contributed by atoms with E-state index in [0.717, 1.165) is 47.3 Å². The Hall–Kier alpha value is -2.84. The van der Waals surface area contributed by atoms with Crippen molar-refractivity contribution in [3.8, 4) is 0 Å². The maximum absolute atomic E-state index is 13.3. The number of aromatic amines is 1. The molecule has 3 aromatic heterocycles. The lowest BCUT2D eigenvalue weighted by Gasteiger charge is -2.37. The molecule has 0 saturated carbocycles. The van der Waals surface area contributed by atoms with Gasteiger partial charge in [-0.1, -0.05) is 30.3 Å². The fourth-order valence-electron chi connectivity index (χ4n) is 5.23. The van der Waals surface area contributed by atoms with Crippen LogP contribution in [-0.4, -0.2) is 37.6 Å². The number of thiophene rings is 1. The zero-order valence-electron chi connectivity index (χ0n) is 18.8. The third kappa shape index (κ3) is 3.88. The predicted molar refractivity (Wildman–Crippen MR) is 137 cm³/mol. The molecule has 1 aromatic carbocycles. The Morgan fingerprint density at radius 1 is 1.15 bits per heavy atom. The molecule has 1 aliphatic heterocycles. The highest BCUT2D eigenvalue weighted by atomic mass is 32.2. The van der Waals surface area contributed by atoms with Gasteiger partial charge < -0.3 is 14.5 Å². The Morgan fingerprint density at radius 2 is 2.03 bits per heavy atom. The molecule has 0 saturated heterocycles. The average Bonchev–Trinajstić information content (AvgIpc) is 3.57. The van der Waals surface area contributed by atoms with Gasteiger partial charge in [0, 0.05) is 42.0 Å². The number of benzene rings is 1. The second-order valence-electron chi connectivity index (χ2n) is 8.88. The first-order chi connectivity index (χ1) is 16.7. The largest absolute Gasteiger partial charge is 0.348 e. The highest BCUT2D eigenvalue weighted by Gasteiger charge is 2.31. The number of carbonyl (C=O) groups is 1. The van der Waals surface area contributed by atoms with Crippen LogP contribution in [0.1, 0.15) is 46.4 Å². The number of carbonyl (C=O) groups excluding carboxylic acids is 1. The van der Waals surface area contributed by atoms with E-state index in [-0.39, 0.29) is 17.5 Å². The van der Waals surface area contributed by atoms with E-state index in [1.54, 1.807) is 23.1 Å². The summed E-state index contributed by atoms with van der Waals surface area (Å²) in [7, 11) is 0. The van der Waals surface area contributed by atoms with E-state index in [1.165, 1.54) is 10.4 Å². The molecule has 6 nitrogen and oxygen atoms in total. The van der Waals surface area contributed by atoms with Crippen LogP contribution in [0.4, 0.5) is 0 Å². The van der Waals surface area contributed by atoms with Crippen LogP contribution in [0, 0.1) is 0 Å².